The first kappa shape index (κ1) is 13.5. The van der Waals surface area contributed by atoms with Crippen molar-refractivity contribution < 1.29 is 0 Å². The third-order valence-corrected chi connectivity index (χ3v) is 7.63. The number of hydrogen-bond donors (Lipinski definition) is 0. The maximum absolute atomic E-state index is 4.85. The topological polar surface area (TPSA) is 16.1 Å². The molecule has 122 valence electrons. The summed E-state index contributed by atoms with van der Waals surface area (Å²) in [4.78, 5) is 7.36. The molecule has 0 atom stereocenters. The quantitative estimate of drug-likeness (QED) is 0.742. The molecule has 1 aromatic heterocycles. The zero-order valence-electron chi connectivity index (χ0n) is 14.1. The van der Waals surface area contributed by atoms with Crippen LogP contribution in [0.3, 0.4) is 0 Å². The van der Waals surface area contributed by atoms with E-state index < -0.39 is 0 Å². The number of benzene rings is 1. The van der Waals surface area contributed by atoms with Crippen LogP contribution >= 0.6 is 0 Å². The number of rotatable bonds is 1. The second-order valence-corrected chi connectivity index (χ2v) is 8.64. The molecule has 2 nitrogen and oxygen atoms in total. The van der Waals surface area contributed by atoms with Gasteiger partial charge in [-0.1, -0.05) is 24.3 Å². The van der Waals surface area contributed by atoms with Crippen LogP contribution in [-0.4, -0.2) is 11.5 Å². The monoisotopic (exact) mass is 316 g/mol. The van der Waals surface area contributed by atoms with Crippen LogP contribution < -0.4 is 4.90 Å². The highest BCUT2D eigenvalue weighted by molar-refractivity contribution is 5.70. The van der Waals surface area contributed by atoms with Crippen LogP contribution in [0.25, 0.3) is 0 Å². The Kier molecular flexibility index (Phi) is 2.59. The molecule has 1 aromatic carbocycles. The zero-order chi connectivity index (χ0) is 15.7. The van der Waals surface area contributed by atoms with Crippen molar-refractivity contribution in [3.05, 3.63) is 54.2 Å². The Balaban J connectivity index is 1.52. The van der Waals surface area contributed by atoms with Crippen LogP contribution in [0.2, 0.25) is 0 Å². The van der Waals surface area contributed by atoms with Gasteiger partial charge in [-0.25, -0.2) is 4.98 Å². The molecule has 1 aliphatic heterocycles. The van der Waals surface area contributed by atoms with Crippen molar-refractivity contribution in [2.75, 3.05) is 11.4 Å². The smallest absolute Gasteiger partial charge is 0.136 e. The molecule has 4 saturated carbocycles. The highest BCUT2D eigenvalue weighted by Gasteiger charge is 2.61. The predicted octanol–water partition coefficient (Wildman–Crippen LogP) is 4.93. The number of pyridine rings is 1. The van der Waals surface area contributed by atoms with E-state index in [-0.39, 0.29) is 0 Å². The van der Waals surface area contributed by atoms with Crippen molar-refractivity contribution in [2.45, 2.75) is 37.5 Å². The van der Waals surface area contributed by atoms with Crippen molar-refractivity contribution >= 4 is 11.5 Å². The van der Waals surface area contributed by atoms with Gasteiger partial charge >= 0.3 is 0 Å². The predicted molar refractivity (Wildman–Crippen MR) is 96.4 cm³/mol. The number of anilines is 2. The van der Waals surface area contributed by atoms with E-state index in [4.69, 9.17) is 4.98 Å². The van der Waals surface area contributed by atoms with Gasteiger partial charge in [0, 0.05) is 29.4 Å². The van der Waals surface area contributed by atoms with Crippen molar-refractivity contribution in [2.24, 2.45) is 23.7 Å². The Morgan fingerprint density at radius 3 is 2.25 bits per heavy atom. The van der Waals surface area contributed by atoms with Crippen LogP contribution in [0.4, 0.5) is 11.5 Å². The molecule has 2 aromatic rings. The summed E-state index contributed by atoms with van der Waals surface area (Å²) in [6, 6.07) is 15.5. The fourth-order valence-electron chi connectivity index (χ4n) is 6.94. The molecule has 0 N–H and O–H groups in total. The molecule has 2 heteroatoms. The van der Waals surface area contributed by atoms with Crippen LogP contribution in [-0.2, 0) is 5.41 Å². The van der Waals surface area contributed by atoms with E-state index in [9.17, 15) is 0 Å². The summed E-state index contributed by atoms with van der Waals surface area (Å²) in [5, 5.41) is 0. The Morgan fingerprint density at radius 2 is 1.54 bits per heavy atom. The molecule has 5 aliphatic rings. The molecule has 0 unspecified atom stereocenters. The Labute approximate surface area is 143 Å². The molecule has 0 saturated heterocycles. The van der Waals surface area contributed by atoms with Crippen LogP contribution in [0, 0.1) is 23.7 Å². The molecular formula is C22H24N2. The standard InChI is InChI=1S/C22H24N2/c1-2-5-19(6-3-1)24-14-22(20-7-4-8-23-21(20)24)17-10-15-9-16(12-17)13-18(22)11-15/h1-8,15-18H,9-14H2. The molecule has 0 radical (unpaired) electrons. The summed E-state index contributed by atoms with van der Waals surface area (Å²) in [5.74, 6) is 5.03. The minimum Gasteiger partial charge on any atom is -0.325 e. The highest BCUT2D eigenvalue weighted by atomic mass is 15.2. The van der Waals surface area contributed by atoms with Gasteiger partial charge in [0.2, 0.25) is 0 Å². The van der Waals surface area contributed by atoms with Crippen LogP contribution in [0.1, 0.15) is 37.7 Å². The normalized spacial score (nSPS) is 38.8. The van der Waals surface area contributed by atoms with Gasteiger partial charge < -0.3 is 4.90 Å². The van der Waals surface area contributed by atoms with Gasteiger partial charge in [-0.2, -0.15) is 0 Å². The molecule has 7 rings (SSSR count). The minimum atomic E-state index is 0.368. The van der Waals surface area contributed by atoms with E-state index >= 15 is 0 Å². The third-order valence-electron chi connectivity index (χ3n) is 7.63. The number of hydrogen-bond acceptors (Lipinski definition) is 2. The molecule has 24 heavy (non-hydrogen) atoms. The maximum Gasteiger partial charge on any atom is 0.136 e. The molecule has 4 fully saturated rings. The lowest BCUT2D eigenvalue weighted by atomic mass is 9.44. The lowest BCUT2D eigenvalue weighted by Crippen LogP contribution is -2.57. The molecule has 0 amide bonds. The van der Waals surface area contributed by atoms with E-state index in [1.54, 1.807) is 5.56 Å². The van der Waals surface area contributed by atoms with Gasteiger partial charge in [0.25, 0.3) is 0 Å². The van der Waals surface area contributed by atoms with E-state index in [0.29, 0.717) is 5.41 Å². The first-order chi connectivity index (χ1) is 11.8. The fourth-order valence-corrected chi connectivity index (χ4v) is 6.94. The first-order valence-corrected chi connectivity index (χ1v) is 9.62. The Bertz CT molecular complexity index is 754. The summed E-state index contributed by atoms with van der Waals surface area (Å²) < 4.78 is 0. The first-order valence-electron chi connectivity index (χ1n) is 9.62. The van der Waals surface area contributed by atoms with Gasteiger partial charge in [-0.15, -0.1) is 0 Å². The summed E-state index contributed by atoms with van der Waals surface area (Å²) in [7, 11) is 0. The highest BCUT2D eigenvalue weighted by Crippen LogP contribution is 2.66. The lowest BCUT2D eigenvalue weighted by molar-refractivity contribution is -0.0529. The molecule has 4 aliphatic carbocycles. The van der Waals surface area contributed by atoms with E-state index in [2.05, 4.69) is 47.4 Å². The maximum atomic E-state index is 4.85. The van der Waals surface area contributed by atoms with Crippen molar-refractivity contribution in [3.63, 3.8) is 0 Å². The van der Waals surface area contributed by atoms with E-state index in [1.807, 2.05) is 6.20 Å². The van der Waals surface area contributed by atoms with Crippen molar-refractivity contribution in [1.29, 1.82) is 0 Å². The number of fused-ring (bicyclic) bond motifs is 1. The molecule has 4 bridgehead atoms. The largest absolute Gasteiger partial charge is 0.325 e. The fraction of sp³-hybridized carbons (Fsp3) is 0.500. The Hall–Kier alpha value is -1.83. The molecular weight excluding hydrogens is 292 g/mol. The van der Waals surface area contributed by atoms with E-state index in [1.165, 1.54) is 43.6 Å². The average Bonchev–Trinajstić information content (AvgIpc) is 2.96. The summed E-state index contributed by atoms with van der Waals surface area (Å²) in [5.41, 5.74) is 3.23. The summed E-state index contributed by atoms with van der Waals surface area (Å²) in [6.45, 7) is 1.15. The van der Waals surface area contributed by atoms with Gasteiger partial charge in [-0.05, 0) is 74.0 Å². The van der Waals surface area contributed by atoms with Crippen LogP contribution in [0.5, 0.6) is 0 Å². The van der Waals surface area contributed by atoms with Gasteiger partial charge in [-0.3, -0.25) is 0 Å². The van der Waals surface area contributed by atoms with Crippen LogP contribution in [0.15, 0.2) is 48.7 Å². The summed E-state index contributed by atoms with van der Waals surface area (Å²) in [6.07, 6.45) is 9.34. The average molecular weight is 316 g/mol. The van der Waals surface area contributed by atoms with Gasteiger partial charge in [0.15, 0.2) is 0 Å². The third kappa shape index (κ3) is 1.60. The van der Waals surface area contributed by atoms with Gasteiger partial charge in [0.1, 0.15) is 5.82 Å². The van der Waals surface area contributed by atoms with Gasteiger partial charge in [0.05, 0.1) is 0 Å². The Morgan fingerprint density at radius 1 is 0.833 bits per heavy atom. The van der Waals surface area contributed by atoms with Crippen molar-refractivity contribution in [1.82, 2.24) is 4.98 Å². The number of para-hydroxylation sites is 1. The molecule has 1 spiro atoms. The lowest BCUT2D eigenvalue weighted by Gasteiger charge is -2.60. The number of nitrogens with zero attached hydrogens (tertiary/aromatic N) is 2. The SMILES string of the molecule is c1ccc(N2CC3(c4cccnc42)C2CC4CC(C2)CC3C4)cc1. The van der Waals surface area contributed by atoms with Crippen molar-refractivity contribution in [3.8, 4) is 0 Å². The minimum absolute atomic E-state index is 0.368. The second kappa shape index (κ2) is 4.62. The number of aromatic nitrogens is 1. The molecule has 2 heterocycles. The zero-order valence-corrected chi connectivity index (χ0v) is 14.1. The van der Waals surface area contributed by atoms with E-state index in [0.717, 1.165) is 30.2 Å². The summed E-state index contributed by atoms with van der Waals surface area (Å²) >= 11 is 0. The second-order valence-electron chi connectivity index (χ2n) is 8.64.